The van der Waals surface area contributed by atoms with Crippen molar-refractivity contribution in [1.82, 2.24) is 15.2 Å². The lowest BCUT2D eigenvalue weighted by Gasteiger charge is -2.14. The summed E-state index contributed by atoms with van der Waals surface area (Å²) in [6, 6.07) is 2.06. The fourth-order valence-electron chi connectivity index (χ4n) is 2.35. The van der Waals surface area contributed by atoms with Gasteiger partial charge in [-0.3, -0.25) is 4.98 Å². The third kappa shape index (κ3) is 2.11. The highest BCUT2D eigenvalue weighted by molar-refractivity contribution is 6.34. The van der Waals surface area contributed by atoms with Gasteiger partial charge in [0.15, 0.2) is 11.0 Å². The van der Waals surface area contributed by atoms with Gasteiger partial charge in [0.25, 0.3) is 0 Å². The molecule has 2 aromatic rings. The van der Waals surface area contributed by atoms with Crippen LogP contribution in [0.25, 0.3) is 10.8 Å². The van der Waals surface area contributed by atoms with Crippen molar-refractivity contribution in [2.24, 2.45) is 0 Å². The Kier molecular flexibility index (Phi) is 3.01. The average Bonchev–Trinajstić information content (AvgIpc) is 2.79. The molecule has 18 heavy (non-hydrogen) atoms. The fraction of sp³-hybridized carbons (Fsp3) is 0.417. The third-order valence-electron chi connectivity index (χ3n) is 3.28. The van der Waals surface area contributed by atoms with E-state index in [1.807, 2.05) is 6.07 Å². The fourth-order valence-corrected chi connectivity index (χ4v) is 2.56. The standard InChI is InChI=1S/C12H13ClN4O/c13-11-9-3-4-14-6-10(9)12(17-16-11)15-7-1-2-8(18)5-7/h3-4,6-8,18H,1-2,5H2,(H,15,17)/t7-,8?/m1/s1. The molecule has 2 heterocycles. The predicted molar refractivity (Wildman–Crippen MR) is 69.6 cm³/mol. The lowest BCUT2D eigenvalue weighted by molar-refractivity contribution is 0.182. The molecule has 0 radical (unpaired) electrons. The smallest absolute Gasteiger partial charge is 0.159 e. The van der Waals surface area contributed by atoms with Crippen molar-refractivity contribution in [3.63, 3.8) is 0 Å². The molecule has 1 aliphatic carbocycles. The summed E-state index contributed by atoms with van der Waals surface area (Å²) < 4.78 is 0. The average molecular weight is 265 g/mol. The summed E-state index contributed by atoms with van der Waals surface area (Å²) in [4.78, 5) is 4.09. The number of fused-ring (bicyclic) bond motifs is 1. The number of rotatable bonds is 2. The molecule has 0 bridgehead atoms. The van der Waals surface area contributed by atoms with Gasteiger partial charge in [-0.2, -0.15) is 0 Å². The zero-order chi connectivity index (χ0) is 12.5. The molecule has 2 N–H and O–H groups in total. The van der Waals surface area contributed by atoms with Crippen LogP contribution in [0.1, 0.15) is 19.3 Å². The van der Waals surface area contributed by atoms with E-state index in [-0.39, 0.29) is 12.1 Å². The van der Waals surface area contributed by atoms with Gasteiger partial charge < -0.3 is 10.4 Å². The van der Waals surface area contributed by atoms with E-state index in [0.29, 0.717) is 11.0 Å². The van der Waals surface area contributed by atoms with Crippen LogP contribution < -0.4 is 5.32 Å². The monoisotopic (exact) mass is 264 g/mol. The predicted octanol–water partition coefficient (Wildman–Crippen LogP) is 2.00. The lowest BCUT2D eigenvalue weighted by Crippen LogP contribution is -2.18. The van der Waals surface area contributed by atoms with E-state index in [4.69, 9.17) is 11.6 Å². The number of halogens is 1. The molecule has 94 valence electrons. The maximum Gasteiger partial charge on any atom is 0.159 e. The minimum atomic E-state index is -0.216. The molecule has 2 atom stereocenters. The molecule has 0 aromatic carbocycles. The quantitative estimate of drug-likeness (QED) is 0.868. The van der Waals surface area contributed by atoms with Crippen molar-refractivity contribution in [2.75, 3.05) is 5.32 Å². The first-order chi connectivity index (χ1) is 8.74. The summed E-state index contributed by atoms with van der Waals surface area (Å²) in [5, 5.41) is 22.9. The van der Waals surface area contributed by atoms with Crippen molar-refractivity contribution < 1.29 is 5.11 Å². The second-order valence-corrected chi connectivity index (χ2v) is 4.93. The van der Waals surface area contributed by atoms with Crippen LogP contribution in [0.2, 0.25) is 5.15 Å². The molecule has 0 saturated heterocycles. The van der Waals surface area contributed by atoms with Crippen LogP contribution in [0.4, 0.5) is 5.82 Å². The van der Waals surface area contributed by atoms with E-state index in [9.17, 15) is 5.11 Å². The first-order valence-corrected chi connectivity index (χ1v) is 6.32. The molecule has 3 rings (SSSR count). The second kappa shape index (κ2) is 4.66. The number of anilines is 1. The summed E-state index contributed by atoms with van der Waals surface area (Å²) in [5.41, 5.74) is 0. The van der Waals surface area contributed by atoms with Gasteiger partial charge >= 0.3 is 0 Å². The van der Waals surface area contributed by atoms with E-state index in [2.05, 4.69) is 20.5 Å². The molecule has 1 aliphatic rings. The first kappa shape index (κ1) is 11.6. The zero-order valence-corrected chi connectivity index (χ0v) is 10.4. The Morgan fingerprint density at radius 2 is 2.17 bits per heavy atom. The number of nitrogens with zero attached hydrogens (tertiary/aromatic N) is 3. The molecule has 2 aromatic heterocycles. The van der Waals surface area contributed by atoms with E-state index >= 15 is 0 Å². The molecular formula is C12H13ClN4O. The van der Waals surface area contributed by atoms with Crippen LogP contribution in [0, 0.1) is 0 Å². The van der Waals surface area contributed by atoms with Crippen molar-refractivity contribution in [1.29, 1.82) is 0 Å². The highest BCUT2D eigenvalue weighted by Crippen LogP contribution is 2.28. The molecule has 5 nitrogen and oxygen atoms in total. The molecule has 0 aliphatic heterocycles. The Balaban J connectivity index is 1.95. The van der Waals surface area contributed by atoms with Crippen molar-refractivity contribution in [2.45, 2.75) is 31.4 Å². The molecule has 0 spiro atoms. The molecule has 1 unspecified atom stereocenters. The number of hydrogen-bond acceptors (Lipinski definition) is 5. The highest BCUT2D eigenvalue weighted by atomic mass is 35.5. The van der Waals surface area contributed by atoms with Crippen LogP contribution >= 0.6 is 11.6 Å². The molecule has 1 saturated carbocycles. The molecular weight excluding hydrogens is 252 g/mol. The summed E-state index contributed by atoms with van der Waals surface area (Å²) >= 11 is 6.00. The van der Waals surface area contributed by atoms with Crippen LogP contribution in [-0.2, 0) is 0 Å². The van der Waals surface area contributed by atoms with Gasteiger partial charge in [0.1, 0.15) is 0 Å². The minimum absolute atomic E-state index is 0.216. The van der Waals surface area contributed by atoms with Gasteiger partial charge in [0.2, 0.25) is 0 Å². The Morgan fingerprint density at radius 1 is 1.28 bits per heavy atom. The van der Waals surface area contributed by atoms with E-state index in [0.717, 1.165) is 30.0 Å². The number of pyridine rings is 1. The SMILES string of the molecule is OC1CC[C@@H](Nc2nnc(Cl)c3ccncc23)C1. The normalized spacial score (nSPS) is 23.4. The maximum atomic E-state index is 9.53. The van der Waals surface area contributed by atoms with Crippen molar-refractivity contribution in [3.8, 4) is 0 Å². The lowest BCUT2D eigenvalue weighted by atomic mass is 10.2. The third-order valence-corrected chi connectivity index (χ3v) is 3.56. The summed E-state index contributed by atoms with van der Waals surface area (Å²) in [6.07, 6.45) is 5.70. The Bertz CT molecular complexity index is 577. The molecule has 1 fully saturated rings. The summed E-state index contributed by atoms with van der Waals surface area (Å²) in [7, 11) is 0. The van der Waals surface area contributed by atoms with Gasteiger partial charge in [-0.1, -0.05) is 11.6 Å². The van der Waals surface area contributed by atoms with Crippen LogP contribution in [0.5, 0.6) is 0 Å². The van der Waals surface area contributed by atoms with E-state index in [1.165, 1.54) is 0 Å². The minimum Gasteiger partial charge on any atom is -0.393 e. The Morgan fingerprint density at radius 3 is 2.94 bits per heavy atom. The van der Waals surface area contributed by atoms with Crippen LogP contribution in [0.3, 0.4) is 0 Å². The number of nitrogens with one attached hydrogen (secondary N) is 1. The number of aromatic nitrogens is 3. The van der Waals surface area contributed by atoms with Crippen molar-refractivity contribution >= 4 is 28.2 Å². The topological polar surface area (TPSA) is 70.9 Å². The highest BCUT2D eigenvalue weighted by Gasteiger charge is 2.23. The number of aliphatic hydroxyl groups is 1. The van der Waals surface area contributed by atoms with Gasteiger partial charge in [0.05, 0.1) is 6.10 Å². The van der Waals surface area contributed by atoms with Gasteiger partial charge in [-0.25, -0.2) is 0 Å². The zero-order valence-electron chi connectivity index (χ0n) is 9.67. The summed E-state index contributed by atoms with van der Waals surface area (Å²) in [6.45, 7) is 0. The van der Waals surface area contributed by atoms with Gasteiger partial charge in [-0.05, 0) is 25.3 Å². The Labute approximate surface area is 109 Å². The largest absolute Gasteiger partial charge is 0.393 e. The van der Waals surface area contributed by atoms with Crippen LogP contribution in [-0.4, -0.2) is 32.4 Å². The molecule has 6 heteroatoms. The van der Waals surface area contributed by atoms with Gasteiger partial charge in [0, 0.05) is 29.2 Å². The first-order valence-electron chi connectivity index (χ1n) is 5.94. The Hall–Kier alpha value is -1.46. The van der Waals surface area contributed by atoms with Gasteiger partial charge in [-0.15, -0.1) is 10.2 Å². The van der Waals surface area contributed by atoms with Crippen molar-refractivity contribution in [3.05, 3.63) is 23.6 Å². The summed E-state index contributed by atoms with van der Waals surface area (Å²) in [5.74, 6) is 0.682. The molecule has 0 amide bonds. The number of hydrogen-bond donors (Lipinski definition) is 2. The van der Waals surface area contributed by atoms with E-state index in [1.54, 1.807) is 12.4 Å². The maximum absolute atomic E-state index is 9.53. The van der Waals surface area contributed by atoms with Crippen LogP contribution in [0.15, 0.2) is 18.5 Å². The van der Waals surface area contributed by atoms with E-state index < -0.39 is 0 Å². The number of aliphatic hydroxyl groups excluding tert-OH is 1. The second-order valence-electron chi connectivity index (χ2n) is 4.57.